The lowest BCUT2D eigenvalue weighted by atomic mass is 10.1. The number of aromatic nitrogens is 2. The van der Waals surface area contributed by atoms with E-state index in [-0.39, 0.29) is 29.3 Å². The lowest BCUT2D eigenvalue weighted by Gasteiger charge is -2.22. The Morgan fingerprint density at radius 2 is 1.74 bits per heavy atom. The van der Waals surface area contributed by atoms with Gasteiger partial charge in [0.2, 0.25) is 0 Å². The maximum Gasteiger partial charge on any atom is 0.425 e. The molecule has 0 saturated carbocycles. The first-order valence-corrected chi connectivity index (χ1v) is 12.5. The van der Waals surface area contributed by atoms with E-state index in [1.54, 1.807) is 10.9 Å². The van der Waals surface area contributed by atoms with Crippen LogP contribution in [0.3, 0.4) is 0 Å². The van der Waals surface area contributed by atoms with Gasteiger partial charge in [-0.15, -0.1) is 0 Å². The maximum absolute atomic E-state index is 13.4. The van der Waals surface area contributed by atoms with Gasteiger partial charge in [-0.2, -0.15) is 18.3 Å². The van der Waals surface area contributed by atoms with Crippen LogP contribution in [0, 0.1) is 0 Å². The molecule has 0 fully saturated rings. The molecule has 1 unspecified atom stereocenters. The van der Waals surface area contributed by atoms with Crippen LogP contribution in [0.4, 0.5) is 13.2 Å². The minimum absolute atomic E-state index is 0.128. The number of para-hydroxylation sites is 1. The van der Waals surface area contributed by atoms with Crippen molar-refractivity contribution in [3.63, 3.8) is 0 Å². The predicted molar refractivity (Wildman–Crippen MR) is 122 cm³/mol. The van der Waals surface area contributed by atoms with Gasteiger partial charge in [0.1, 0.15) is 5.75 Å². The number of hydrogen-bond acceptors (Lipinski definition) is 5. The number of benzene rings is 2. The summed E-state index contributed by atoms with van der Waals surface area (Å²) in [5.74, 6) is -0.971. The number of halogens is 3. The van der Waals surface area contributed by atoms with Gasteiger partial charge in [0.25, 0.3) is 5.91 Å². The Kier molecular flexibility index (Phi) is 6.39. The van der Waals surface area contributed by atoms with Gasteiger partial charge in [0.05, 0.1) is 33.6 Å². The summed E-state index contributed by atoms with van der Waals surface area (Å²) in [6.07, 6.45) is -5.06. The van der Waals surface area contributed by atoms with Crippen molar-refractivity contribution in [3.8, 4) is 11.4 Å². The Hall–Kier alpha value is -3.34. The van der Waals surface area contributed by atoms with E-state index < -0.39 is 33.3 Å². The van der Waals surface area contributed by atoms with Crippen molar-refractivity contribution < 1.29 is 31.1 Å². The van der Waals surface area contributed by atoms with E-state index in [0.29, 0.717) is 5.69 Å². The first-order valence-electron chi connectivity index (χ1n) is 10.9. The molecule has 1 amide bonds. The van der Waals surface area contributed by atoms with Crippen molar-refractivity contribution >= 4 is 15.7 Å². The zero-order valence-corrected chi connectivity index (χ0v) is 20.1. The van der Waals surface area contributed by atoms with Crippen molar-refractivity contribution in [1.82, 2.24) is 14.7 Å². The number of nitrogens with zero attached hydrogens (tertiary/aromatic N) is 3. The predicted octanol–water partition coefficient (Wildman–Crippen LogP) is 4.54. The van der Waals surface area contributed by atoms with E-state index in [0.717, 1.165) is 36.4 Å². The lowest BCUT2D eigenvalue weighted by Crippen LogP contribution is -2.33. The van der Waals surface area contributed by atoms with Gasteiger partial charge in [0.15, 0.2) is 15.9 Å². The van der Waals surface area contributed by atoms with Crippen LogP contribution < -0.4 is 4.74 Å². The average molecular weight is 508 g/mol. The number of rotatable bonds is 6. The molecule has 1 aromatic heterocycles. The molecule has 0 spiro atoms. The molecule has 0 N–H and O–H groups in total. The summed E-state index contributed by atoms with van der Waals surface area (Å²) in [5.41, 5.74) is 2.05. The monoisotopic (exact) mass is 507 g/mol. The van der Waals surface area contributed by atoms with Gasteiger partial charge in [-0.1, -0.05) is 18.2 Å². The zero-order valence-electron chi connectivity index (χ0n) is 19.3. The molecule has 4 rings (SSSR count). The van der Waals surface area contributed by atoms with E-state index in [1.165, 1.54) is 18.7 Å². The summed E-state index contributed by atoms with van der Waals surface area (Å²) in [6, 6.07) is 12.8. The van der Waals surface area contributed by atoms with Crippen molar-refractivity contribution in [3.05, 3.63) is 71.5 Å². The Balaban J connectivity index is 1.65. The van der Waals surface area contributed by atoms with E-state index in [4.69, 9.17) is 4.74 Å². The summed E-state index contributed by atoms with van der Waals surface area (Å²) in [6.45, 7) is 4.10. The first kappa shape index (κ1) is 24.8. The maximum atomic E-state index is 13.4. The molecular formula is C24H24F3N3O4S. The van der Waals surface area contributed by atoms with Crippen LogP contribution >= 0.6 is 0 Å². The molecule has 1 aliphatic rings. The van der Waals surface area contributed by atoms with Gasteiger partial charge in [0, 0.05) is 18.3 Å². The minimum atomic E-state index is -4.66. The van der Waals surface area contributed by atoms with Crippen molar-refractivity contribution in [2.24, 2.45) is 0 Å². The number of alkyl halides is 3. The summed E-state index contributed by atoms with van der Waals surface area (Å²) in [7, 11) is -3.77. The summed E-state index contributed by atoms with van der Waals surface area (Å²) in [4.78, 5) is 14.6. The summed E-state index contributed by atoms with van der Waals surface area (Å²) >= 11 is 0. The van der Waals surface area contributed by atoms with Gasteiger partial charge >= 0.3 is 6.18 Å². The van der Waals surface area contributed by atoms with Crippen LogP contribution in [-0.2, 0) is 22.9 Å². The Labute approximate surface area is 201 Å². The van der Waals surface area contributed by atoms with Crippen LogP contribution in [0.1, 0.15) is 42.4 Å². The second-order valence-electron chi connectivity index (χ2n) is 8.60. The van der Waals surface area contributed by atoms with Crippen molar-refractivity contribution in [2.75, 3.05) is 0 Å². The number of carbonyl (C=O) groups is 1. The highest BCUT2D eigenvalue weighted by molar-refractivity contribution is 7.92. The molecule has 2 aromatic carbocycles. The fraction of sp³-hybridized carbons (Fsp3) is 0.333. The molecule has 2 heterocycles. The highest BCUT2D eigenvalue weighted by Gasteiger charge is 2.39. The van der Waals surface area contributed by atoms with Crippen LogP contribution in [0.25, 0.3) is 5.69 Å². The second-order valence-corrected chi connectivity index (χ2v) is 11.1. The van der Waals surface area contributed by atoms with Gasteiger partial charge in [-0.3, -0.25) is 4.79 Å². The summed E-state index contributed by atoms with van der Waals surface area (Å²) < 4.78 is 71.5. The molecule has 186 valence electrons. The lowest BCUT2D eigenvalue weighted by molar-refractivity contribution is -0.189. The van der Waals surface area contributed by atoms with Crippen molar-refractivity contribution in [2.45, 2.75) is 56.3 Å². The van der Waals surface area contributed by atoms with Crippen LogP contribution in [0.5, 0.6) is 5.75 Å². The minimum Gasteiger partial charge on any atom is -0.480 e. The van der Waals surface area contributed by atoms with Gasteiger partial charge < -0.3 is 9.64 Å². The smallest absolute Gasteiger partial charge is 0.425 e. The van der Waals surface area contributed by atoms with E-state index in [9.17, 15) is 26.4 Å². The van der Waals surface area contributed by atoms with E-state index >= 15 is 0 Å². The topological polar surface area (TPSA) is 81.5 Å². The second kappa shape index (κ2) is 9.03. The Morgan fingerprint density at radius 3 is 2.34 bits per heavy atom. The first-order chi connectivity index (χ1) is 16.4. The van der Waals surface area contributed by atoms with Gasteiger partial charge in [-0.25, -0.2) is 13.1 Å². The normalized spacial score (nSPS) is 14.8. The number of ether oxygens (including phenoxy) is 1. The number of fused-ring (bicyclic) bond motifs is 1. The fourth-order valence-electron chi connectivity index (χ4n) is 3.67. The van der Waals surface area contributed by atoms with E-state index in [2.05, 4.69) is 5.10 Å². The number of sulfone groups is 1. The van der Waals surface area contributed by atoms with Crippen LogP contribution in [0.2, 0.25) is 0 Å². The third-order valence-electron chi connectivity index (χ3n) is 5.78. The van der Waals surface area contributed by atoms with E-state index in [1.807, 2.05) is 30.3 Å². The standard InChI is InChI=1S/C24H24F3N3O4S/c1-15(2)35(32,33)19-9-10-22(34-16(3)24(25,26)27)20(11-19)23(31)29-12-17-13-30(28-21(17)14-29)18-7-5-4-6-8-18/h4-11,13,15-16H,12,14H2,1-3H3. The third kappa shape index (κ3) is 4.90. The SMILES string of the molecule is CC(Oc1ccc(S(=O)(=O)C(C)C)cc1C(=O)N1Cc2cn(-c3ccccc3)nc2C1)C(F)(F)F. The molecule has 1 atom stereocenters. The average Bonchev–Trinajstić information content (AvgIpc) is 3.38. The molecule has 0 bridgehead atoms. The van der Waals surface area contributed by atoms with Crippen LogP contribution in [-0.4, -0.2) is 46.5 Å². The third-order valence-corrected chi connectivity index (χ3v) is 7.93. The van der Waals surface area contributed by atoms with Crippen molar-refractivity contribution in [1.29, 1.82) is 0 Å². The highest BCUT2D eigenvalue weighted by atomic mass is 32.2. The molecular weight excluding hydrogens is 483 g/mol. The molecule has 3 aromatic rings. The largest absolute Gasteiger partial charge is 0.480 e. The molecule has 0 aliphatic carbocycles. The Morgan fingerprint density at radius 1 is 1.06 bits per heavy atom. The molecule has 0 saturated heterocycles. The summed E-state index contributed by atoms with van der Waals surface area (Å²) in [5, 5.41) is 3.74. The zero-order chi connectivity index (χ0) is 25.5. The Bertz CT molecular complexity index is 1330. The number of hydrogen-bond donors (Lipinski definition) is 0. The van der Waals surface area contributed by atoms with Gasteiger partial charge in [-0.05, 0) is 51.1 Å². The number of amides is 1. The number of carbonyl (C=O) groups excluding carboxylic acids is 1. The fourth-order valence-corrected chi connectivity index (χ4v) is 4.75. The van der Waals surface area contributed by atoms with Crippen LogP contribution in [0.15, 0.2) is 59.6 Å². The quantitative estimate of drug-likeness (QED) is 0.489. The molecule has 11 heteroatoms. The molecule has 1 aliphatic heterocycles. The molecule has 0 radical (unpaired) electrons. The highest BCUT2D eigenvalue weighted by Crippen LogP contribution is 2.33. The molecule has 35 heavy (non-hydrogen) atoms. The molecule has 7 nitrogen and oxygen atoms in total.